The van der Waals surface area contributed by atoms with E-state index in [0.717, 1.165) is 44.9 Å². The van der Waals surface area contributed by atoms with Gasteiger partial charge in [-0.3, -0.25) is 0 Å². The normalized spacial score (nSPS) is 12.0. The second-order valence-corrected chi connectivity index (χ2v) is 4.91. The van der Waals surface area contributed by atoms with Crippen LogP contribution in [-0.4, -0.2) is 17.6 Å². The molecule has 3 heteroatoms. The van der Waals surface area contributed by atoms with E-state index >= 15 is 0 Å². The quantitative estimate of drug-likeness (QED) is 0.487. The summed E-state index contributed by atoms with van der Waals surface area (Å²) in [6.45, 7) is 2.30. The molecule has 0 aromatic heterocycles. The van der Waals surface area contributed by atoms with E-state index in [9.17, 15) is 8.78 Å². The Morgan fingerprint density at radius 2 is 1.24 bits per heavy atom. The van der Waals surface area contributed by atoms with E-state index in [1.54, 1.807) is 0 Å². The van der Waals surface area contributed by atoms with E-state index in [-0.39, 0.29) is 19.4 Å². The molecule has 17 heavy (non-hydrogen) atoms. The van der Waals surface area contributed by atoms with Crippen LogP contribution in [0.15, 0.2) is 0 Å². The van der Waals surface area contributed by atoms with Crippen molar-refractivity contribution in [1.82, 2.24) is 0 Å². The van der Waals surface area contributed by atoms with Gasteiger partial charge in [0.05, 0.1) is 0 Å². The number of alkyl halides is 2. The van der Waals surface area contributed by atoms with Gasteiger partial charge in [-0.1, -0.05) is 45.4 Å². The van der Waals surface area contributed by atoms with Crippen LogP contribution in [0.4, 0.5) is 8.78 Å². The Labute approximate surface area is 105 Å². The molecule has 0 saturated carbocycles. The van der Waals surface area contributed by atoms with Crippen LogP contribution < -0.4 is 0 Å². The van der Waals surface area contributed by atoms with Crippen LogP contribution in [0, 0.1) is 0 Å². The molecule has 1 N–H and O–H groups in total. The fraction of sp³-hybridized carbons (Fsp3) is 1.00. The number of hydrogen-bond acceptors (Lipinski definition) is 1. The van der Waals surface area contributed by atoms with Gasteiger partial charge in [0, 0.05) is 19.4 Å². The summed E-state index contributed by atoms with van der Waals surface area (Å²) in [6, 6.07) is 0. The number of halogens is 2. The van der Waals surface area contributed by atoms with Gasteiger partial charge in [-0.2, -0.15) is 0 Å². The van der Waals surface area contributed by atoms with Crippen LogP contribution >= 0.6 is 0 Å². The van der Waals surface area contributed by atoms with Crippen LogP contribution in [-0.2, 0) is 0 Å². The molecule has 0 rings (SSSR count). The summed E-state index contributed by atoms with van der Waals surface area (Å²) >= 11 is 0. The molecular formula is C14H28F2O. The zero-order valence-corrected chi connectivity index (χ0v) is 11.2. The predicted molar refractivity (Wildman–Crippen MR) is 68.5 cm³/mol. The third kappa shape index (κ3) is 12.1. The third-order valence-electron chi connectivity index (χ3n) is 3.10. The van der Waals surface area contributed by atoms with Crippen molar-refractivity contribution in [1.29, 1.82) is 0 Å². The maximum absolute atomic E-state index is 13.4. The summed E-state index contributed by atoms with van der Waals surface area (Å²) < 4.78 is 26.8. The molecular weight excluding hydrogens is 222 g/mol. The van der Waals surface area contributed by atoms with E-state index in [4.69, 9.17) is 5.11 Å². The van der Waals surface area contributed by atoms with Gasteiger partial charge in [-0.15, -0.1) is 0 Å². The Bertz CT molecular complexity index is 144. The third-order valence-corrected chi connectivity index (χ3v) is 3.10. The minimum absolute atomic E-state index is 0.0200. The molecule has 0 atom stereocenters. The average molecular weight is 250 g/mol. The van der Waals surface area contributed by atoms with Crippen LogP contribution in [0.5, 0.6) is 0 Å². The topological polar surface area (TPSA) is 20.2 Å². The first-order chi connectivity index (χ1) is 8.12. The van der Waals surface area contributed by atoms with Crippen LogP contribution in [0.2, 0.25) is 0 Å². The number of hydrogen-bond donors (Lipinski definition) is 1. The second-order valence-electron chi connectivity index (χ2n) is 4.91. The van der Waals surface area contributed by atoms with Gasteiger partial charge < -0.3 is 5.11 Å². The minimum atomic E-state index is -2.47. The number of aliphatic hydroxyl groups is 1. The Morgan fingerprint density at radius 1 is 0.765 bits per heavy atom. The Hall–Kier alpha value is -0.180. The Kier molecular flexibility index (Phi) is 10.8. The van der Waals surface area contributed by atoms with Crippen molar-refractivity contribution in [3.8, 4) is 0 Å². The lowest BCUT2D eigenvalue weighted by atomic mass is 10.0. The summed E-state index contributed by atoms with van der Waals surface area (Å²) in [5.74, 6) is -2.47. The number of rotatable bonds is 12. The van der Waals surface area contributed by atoms with Crippen molar-refractivity contribution >= 4 is 0 Å². The molecule has 104 valence electrons. The van der Waals surface area contributed by atoms with Gasteiger partial charge in [0.15, 0.2) is 0 Å². The summed E-state index contributed by atoms with van der Waals surface area (Å²) in [4.78, 5) is 0. The first-order valence-corrected chi connectivity index (χ1v) is 7.11. The molecule has 0 aromatic carbocycles. The summed E-state index contributed by atoms with van der Waals surface area (Å²) in [6.07, 6.45) is 8.07. The molecule has 0 bridgehead atoms. The van der Waals surface area contributed by atoms with Gasteiger partial charge >= 0.3 is 0 Å². The Morgan fingerprint density at radius 3 is 1.71 bits per heavy atom. The monoisotopic (exact) mass is 250 g/mol. The zero-order valence-electron chi connectivity index (χ0n) is 11.2. The molecule has 0 fully saturated rings. The highest BCUT2D eigenvalue weighted by atomic mass is 19.3. The first kappa shape index (κ1) is 16.8. The minimum Gasteiger partial charge on any atom is -0.396 e. The zero-order chi connectivity index (χ0) is 13.0. The van der Waals surface area contributed by atoms with E-state index in [1.165, 1.54) is 0 Å². The summed E-state index contributed by atoms with van der Waals surface area (Å²) in [5.41, 5.74) is 0. The molecule has 0 saturated heterocycles. The lowest BCUT2D eigenvalue weighted by Gasteiger charge is -2.15. The molecule has 0 aliphatic heterocycles. The van der Waals surface area contributed by atoms with Crippen LogP contribution in [0.1, 0.15) is 77.6 Å². The van der Waals surface area contributed by atoms with Crippen molar-refractivity contribution in [2.45, 2.75) is 83.5 Å². The maximum Gasteiger partial charge on any atom is 0.248 e. The standard InChI is InChI=1S/C14H28F2O/c1-2-3-4-5-8-11-14(15,16)12-9-6-7-10-13-17/h17H,2-13H2,1H3. The van der Waals surface area contributed by atoms with Gasteiger partial charge in [0.25, 0.3) is 0 Å². The predicted octanol–water partition coefficient (Wildman–Crippen LogP) is 4.93. The number of unbranched alkanes of at least 4 members (excludes halogenated alkanes) is 7. The molecule has 0 spiro atoms. The van der Waals surface area contributed by atoms with Crippen molar-refractivity contribution in [3.05, 3.63) is 0 Å². The molecule has 0 unspecified atom stereocenters. The van der Waals surface area contributed by atoms with Crippen LogP contribution in [0.25, 0.3) is 0 Å². The van der Waals surface area contributed by atoms with E-state index in [2.05, 4.69) is 6.92 Å². The Balaban J connectivity index is 3.38. The van der Waals surface area contributed by atoms with Gasteiger partial charge in [-0.25, -0.2) is 8.78 Å². The molecule has 0 aliphatic rings. The highest BCUT2D eigenvalue weighted by molar-refractivity contribution is 4.66. The van der Waals surface area contributed by atoms with E-state index in [0.29, 0.717) is 12.8 Å². The summed E-state index contributed by atoms with van der Waals surface area (Å²) in [7, 11) is 0. The average Bonchev–Trinajstić information content (AvgIpc) is 2.28. The largest absolute Gasteiger partial charge is 0.396 e. The summed E-state index contributed by atoms with van der Waals surface area (Å²) in [5, 5.41) is 8.56. The molecule has 1 nitrogen and oxygen atoms in total. The highest BCUT2D eigenvalue weighted by Crippen LogP contribution is 2.28. The molecule has 0 aliphatic carbocycles. The molecule has 0 heterocycles. The van der Waals surface area contributed by atoms with Crippen molar-refractivity contribution in [2.24, 2.45) is 0 Å². The van der Waals surface area contributed by atoms with Gasteiger partial charge in [0.1, 0.15) is 0 Å². The molecule has 0 radical (unpaired) electrons. The molecule has 0 amide bonds. The van der Waals surface area contributed by atoms with E-state index in [1.807, 2.05) is 0 Å². The van der Waals surface area contributed by atoms with E-state index < -0.39 is 5.92 Å². The fourth-order valence-electron chi connectivity index (χ4n) is 1.96. The maximum atomic E-state index is 13.4. The van der Waals surface area contributed by atoms with Crippen molar-refractivity contribution in [3.63, 3.8) is 0 Å². The smallest absolute Gasteiger partial charge is 0.248 e. The lowest BCUT2D eigenvalue weighted by Crippen LogP contribution is -2.15. The lowest BCUT2D eigenvalue weighted by molar-refractivity contribution is -0.0207. The fourth-order valence-corrected chi connectivity index (χ4v) is 1.96. The SMILES string of the molecule is CCCCCCCC(F)(F)CCCCCCO. The van der Waals surface area contributed by atoms with Gasteiger partial charge in [0.2, 0.25) is 5.92 Å². The highest BCUT2D eigenvalue weighted by Gasteiger charge is 2.26. The van der Waals surface area contributed by atoms with Crippen LogP contribution in [0.3, 0.4) is 0 Å². The van der Waals surface area contributed by atoms with Gasteiger partial charge in [-0.05, 0) is 19.3 Å². The molecule has 0 aromatic rings. The second kappa shape index (κ2) is 10.9. The van der Waals surface area contributed by atoms with Crippen molar-refractivity contribution < 1.29 is 13.9 Å². The first-order valence-electron chi connectivity index (χ1n) is 7.11. The number of aliphatic hydroxyl groups excluding tert-OH is 1. The van der Waals surface area contributed by atoms with Crippen molar-refractivity contribution in [2.75, 3.05) is 6.61 Å².